The molecular formula is C17H16Br2N2O2. The predicted octanol–water partition coefficient (Wildman–Crippen LogP) is 3.82. The van der Waals surface area contributed by atoms with E-state index in [-0.39, 0.29) is 24.4 Å². The largest absolute Gasteiger partial charge is 0.348 e. The second kappa shape index (κ2) is 8.26. The van der Waals surface area contributed by atoms with Gasteiger partial charge < -0.3 is 10.6 Å². The minimum Gasteiger partial charge on any atom is -0.348 e. The van der Waals surface area contributed by atoms with Crippen LogP contribution in [-0.2, 0) is 4.79 Å². The molecule has 6 heteroatoms. The molecule has 2 rings (SSSR count). The first-order valence-corrected chi connectivity index (χ1v) is 8.63. The third-order valence-electron chi connectivity index (χ3n) is 3.27. The summed E-state index contributed by atoms with van der Waals surface area (Å²) in [4.78, 5) is 23.9. The van der Waals surface area contributed by atoms with E-state index in [1.165, 1.54) is 0 Å². The zero-order chi connectivity index (χ0) is 16.8. The van der Waals surface area contributed by atoms with Gasteiger partial charge in [-0.25, -0.2) is 0 Å². The molecular weight excluding hydrogens is 424 g/mol. The minimum atomic E-state index is -0.277. The molecule has 0 aliphatic carbocycles. The molecule has 0 radical (unpaired) electrons. The van der Waals surface area contributed by atoms with Crippen molar-refractivity contribution in [3.8, 4) is 0 Å². The van der Waals surface area contributed by atoms with Crippen molar-refractivity contribution in [2.75, 3.05) is 6.54 Å². The van der Waals surface area contributed by atoms with Crippen LogP contribution in [0.15, 0.2) is 57.5 Å². The van der Waals surface area contributed by atoms with Gasteiger partial charge in [0, 0.05) is 14.5 Å². The molecule has 0 aromatic heterocycles. The van der Waals surface area contributed by atoms with Crippen molar-refractivity contribution in [2.45, 2.75) is 13.0 Å². The van der Waals surface area contributed by atoms with Crippen molar-refractivity contribution in [1.82, 2.24) is 10.6 Å². The molecule has 23 heavy (non-hydrogen) atoms. The van der Waals surface area contributed by atoms with Crippen molar-refractivity contribution in [1.29, 1.82) is 0 Å². The molecule has 2 aromatic carbocycles. The van der Waals surface area contributed by atoms with E-state index in [0.717, 1.165) is 14.5 Å². The first-order valence-electron chi connectivity index (χ1n) is 7.05. The lowest BCUT2D eigenvalue weighted by Gasteiger charge is -2.16. The van der Waals surface area contributed by atoms with Gasteiger partial charge in [0.2, 0.25) is 5.91 Å². The maximum absolute atomic E-state index is 12.0. The van der Waals surface area contributed by atoms with Crippen LogP contribution >= 0.6 is 31.9 Å². The second-order valence-electron chi connectivity index (χ2n) is 5.00. The van der Waals surface area contributed by atoms with Crippen molar-refractivity contribution in [3.05, 3.63) is 68.6 Å². The zero-order valence-corrected chi connectivity index (χ0v) is 15.6. The Morgan fingerprint density at radius 3 is 2.35 bits per heavy atom. The molecule has 2 aromatic rings. The highest BCUT2D eigenvalue weighted by molar-refractivity contribution is 9.10. The van der Waals surface area contributed by atoms with E-state index in [1.807, 2.05) is 31.2 Å². The van der Waals surface area contributed by atoms with Crippen molar-refractivity contribution >= 4 is 43.7 Å². The average Bonchev–Trinajstić information content (AvgIpc) is 2.53. The van der Waals surface area contributed by atoms with Gasteiger partial charge >= 0.3 is 0 Å². The normalized spacial score (nSPS) is 11.6. The Labute approximate surface area is 151 Å². The number of rotatable bonds is 5. The number of hydrogen-bond acceptors (Lipinski definition) is 2. The van der Waals surface area contributed by atoms with Gasteiger partial charge in [0.1, 0.15) is 0 Å². The van der Waals surface area contributed by atoms with Crippen LogP contribution < -0.4 is 10.6 Å². The van der Waals surface area contributed by atoms with Gasteiger partial charge in [-0.05, 0) is 42.8 Å². The van der Waals surface area contributed by atoms with Crippen LogP contribution in [0.4, 0.5) is 0 Å². The van der Waals surface area contributed by atoms with Crippen molar-refractivity contribution in [3.63, 3.8) is 0 Å². The molecule has 0 bridgehead atoms. The molecule has 0 fully saturated rings. The Balaban J connectivity index is 1.86. The van der Waals surface area contributed by atoms with E-state index >= 15 is 0 Å². The fourth-order valence-electron chi connectivity index (χ4n) is 2.06. The fraction of sp³-hybridized carbons (Fsp3) is 0.176. The molecule has 1 unspecified atom stereocenters. The van der Waals surface area contributed by atoms with Gasteiger partial charge in [-0.15, -0.1) is 0 Å². The Morgan fingerprint density at radius 1 is 1.04 bits per heavy atom. The van der Waals surface area contributed by atoms with Crippen LogP contribution in [0, 0.1) is 0 Å². The Hall–Kier alpha value is -1.66. The van der Waals surface area contributed by atoms with Crippen molar-refractivity contribution in [2.24, 2.45) is 0 Å². The summed E-state index contributed by atoms with van der Waals surface area (Å²) in [6.07, 6.45) is 0. The molecule has 2 N–H and O–H groups in total. The summed E-state index contributed by atoms with van der Waals surface area (Å²) in [5, 5.41) is 5.47. The molecule has 1 atom stereocenters. The summed E-state index contributed by atoms with van der Waals surface area (Å²) < 4.78 is 1.83. The van der Waals surface area contributed by atoms with Crippen LogP contribution in [0.25, 0.3) is 0 Å². The number of halogens is 2. The van der Waals surface area contributed by atoms with Crippen LogP contribution in [0.2, 0.25) is 0 Å². The van der Waals surface area contributed by atoms with Crippen LogP contribution in [0.1, 0.15) is 28.9 Å². The first kappa shape index (κ1) is 17.7. The van der Waals surface area contributed by atoms with E-state index in [9.17, 15) is 9.59 Å². The molecule has 0 saturated heterocycles. The lowest BCUT2D eigenvalue weighted by Crippen LogP contribution is -2.38. The van der Waals surface area contributed by atoms with Crippen molar-refractivity contribution < 1.29 is 9.59 Å². The van der Waals surface area contributed by atoms with E-state index in [2.05, 4.69) is 42.5 Å². The standard InChI is InChI=1S/C17H16Br2N2O2/c1-11(14-4-2-3-5-15(14)19)21-16(22)10-20-17(23)12-6-8-13(18)9-7-12/h2-9,11H,10H2,1H3,(H,20,23)(H,21,22). The highest BCUT2D eigenvalue weighted by Crippen LogP contribution is 2.22. The van der Waals surface area contributed by atoms with E-state index in [0.29, 0.717) is 5.56 Å². The third kappa shape index (κ3) is 5.18. The maximum atomic E-state index is 12.0. The Kier molecular flexibility index (Phi) is 6.36. The molecule has 0 spiro atoms. The van der Waals surface area contributed by atoms with E-state index in [4.69, 9.17) is 0 Å². The number of amides is 2. The lowest BCUT2D eigenvalue weighted by molar-refractivity contribution is -0.120. The maximum Gasteiger partial charge on any atom is 0.251 e. The number of benzene rings is 2. The molecule has 4 nitrogen and oxygen atoms in total. The quantitative estimate of drug-likeness (QED) is 0.743. The Bertz CT molecular complexity index is 702. The van der Waals surface area contributed by atoms with Gasteiger partial charge in [0.15, 0.2) is 0 Å². The van der Waals surface area contributed by atoms with Crippen LogP contribution in [-0.4, -0.2) is 18.4 Å². The highest BCUT2D eigenvalue weighted by atomic mass is 79.9. The monoisotopic (exact) mass is 438 g/mol. The molecule has 120 valence electrons. The van der Waals surface area contributed by atoms with Crippen LogP contribution in [0.3, 0.4) is 0 Å². The first-order chi connectivity index (χ1) is 11.0. The number of hydrogen-bond donors (Lipinski definition) is 2. The molecule has 2 amide bonds. The summed E-state index contributed by atoms with van der Waals surface area (Å²) in [5.74, 6) is -0.514. The van der Waals surface area contributed by atoms with Gasteiger partial charge in [-0.1, -0.05) is 50.1 Å². The van der Waals surface area contributed by atoms with Gasteiger partial charge in [-0.2, -0.15) is 0 Å². The lowest BCUT2D eigenvalue weighted by atomic mass is 10.1. The second-order valence-corrected chi connectivity index (χ2v) is 6.77. The third-order valence-corrected chi connectivity index (χ3v) is 4.52. The smallest absolute Gasteiger partial charge is 0.251 e. The number of carbonyl (C=O) groups is 2. The summed E-state index contributed by atoms with van der Waals surface area (Å²) in [7, 11) is 0. The fourth-order valence-corrected chi connectivity index (χ4v) is 2.95. The minimum absolute atomic E-state index is 0.0658. The average molecular weight is 440 g/mol. The Morgan fingerprint density at radius 2 is 1.70 bits per heavy atom. The summed E-state index contributed by atoms with van der Waals surface area (Å²) >= 11 is 6.77. The molecule has 0 aliphatic heterocycles. The summed E-state index contributed by atoms with van der Waals surface area (Å²) in [6.45, 7) is 1.83. The zero-order valence-electron chi connectivity index (χ0n) is 12.5. The van der Waals surface area contributed by atoms with Gasteiger partial charge in [0.05, 0.1) is 12.6 Å². The number of nitrogens with one attached hydrogen (secondary N) is 2. The predicted molar refractivity (Wildman–Crippen MR) is 97.2 cm³/mol. The number of carbonyl (C=O) groups excluding carboxylic acids is 2. The van der Waals surface area contributed by atoms with E-state index < -0.39 is 0 Å². The molecule has 0 aliphatic rings. The van der Waals surface area contributed by atoms with Gasteiger partial charge in [0.25, 0.3) is 5.91 Å². The topological polar surface area (TPSA) is 58.2 Å². The van der Waals surface area contributed by atoms with Gasteiger partial charge in [-0.3, -0.25) is 9.59 Å². The van der Waals surface area contributed by atoms with E-state index in [1.54, 1.807) is 24.3 Å². The molecule has 0 heterocycles. The SMILES string of the molecule is CC(NC(=O)CNC(=O)c1ccc(Br)cc1)c1ccccc1Br. The highest BCUT2D eigenvalue weighted by Gasteiger charge is 2.13. The molecule has 0 saturated carbocycles. The summed E-state index contributed by atoms with van der Waals surface area (Å²) in [6, 6.07) is 14.5. The van der Waals surface area contributed by atoms with Crippen LogP contribution in [0.5, 0.6) is 0 Å². The summed E-state index contributed by atoms with van der Waals surface area (Å²) in [5.41, 5.74) is 1.50.